The van der Waals surface area contributed by atoms with Gasteiger partial charge in [-0.15, -0.1) is 0 Å². The molecule has 0 amide bonds. The highest BCUT2D eigenvalue weighted by Crippen LogP contribution is 2.41. The molecule has 0 saturated heterocycles. The average molecular weight is 290 g/mol. The molecule has 0 spiro atoms. The Labute approximate surface area is 127 Å². The Morgan fingerprint density at radius 3 is 2.52 bits per heavy atom. The van der Waals surface area contributed by atoms with Gasteiger partial charge in [0.25, 0.3) is 0 Å². The zero-order chi connectivity index (χ0) is 15.0. The van der Waals surface area contributed by atoms with Crippen molar-refractivity contribution in [3.05, 3.63) is 35.9 Å². The van der Waals surface area contributed by atoms with Gasteiger partial charge in [0, 0.05) is 6.61 Å². The highest BCUT2D eigenvalue weighted by molar-refractivity contribution is 5.76. The fourth-order valence-electron chi connectivity index (χ4n) is 3.28. The number of methoxy groups -OCH3 is 1. The van der Waals surface area contributed by atoms with E-state index in [0.29, 0.717) is 13.2 Å². The molecule has 1 saturated carbocycles. The molecule has 1 aliphatic rings. The van der Waals surface area contributed by atoms with Crippen LogP contribution < -0.4 is 0 Å². The summed E-state index contributed by atoms with van der Waals surface area (Å²) in [7, 11) is 1.50. The van der Waals surface area contributed by atoms with Crippen LogP contribution in [0, 0.1) is 5.41 Å². The maximum Gasteiger partial charge on any atom is 0.311 e. The normalized spacial score (nSPS) is 17.4. The molecule has 0 atom stereocenters. The molecule has 2 rings (SSSR count). The lowest BCUT2D eigenvalue weighted by molar-refractivity contribution is -0.155. The van der Waals surface area contributed by atoms with Crippen LogP contribution in [0.5, 0.6) is 0 Å². The van der Waals surface area contributed by atoms with E-state index >= 15 is 0 Å². The molecule has 1 fully saturated rings. The molecular formula is C18H26O3. The predicted octanol–water partition coefficient (Wildman–Crippen LogP) is 4.11. The zero-order valence-corrected chi connectivity index (χ0v) is 13.0. The second kappa shape index (κ2) is 8.18. The van der Waals surface area contributed by atoms with E-state index < -0.39 is 0 Å². The smallest absolute Gasteiger partial charge is 0.311 e. The van der Waals surface area contributed by atoms with Crippen molar-refractivity contribution in [3.8, 4) is 0 Å². The van der Waals surface area contributed by atoms with E-state index in [4.69, 9.17) is 9.47 Å². The van der Waals surface area contributed by atoms with Crippen molar-refractivity contribution in [2.24, 2.45) is 5.41 Å². The maximum atomic E-state index is 12.1. The fourth-order valence-corrected chi connectivity index (χ4v) is 3.28. The summed E-state index contributed by atoms with van der Waals surface area (Å²) >= 11 is 0. The van der Waals surface area contributed by atoms with Gasteiger partial charge in [0.2, 0.25) is 0 Å². The molecular weight excluding hydrogens is 264 g/mol. The Bertz CT molecular complexity index is 421. The van der Waals surface area contributed by atoms with Crippen LogP contribution in [-0.2, 0) is 20.9 Å². The van der Waals surface area contributed by atoms with Crippen molar-refractivity contribution in [2.75, 3.05) is 13.7 Å². The van der Waals surface area contributed by atoms with Crippen molar-refractivity contribution in [1.29, 1.82) is 0 Å². The SMILES string of the molecule is COC(=O)C1(CCCOCc2ccccc2)CCCCC1. The average Bonchev–Trinajstić information content (AvgIpc) is 2.55. The van der Waals surface area contributed by atoms with E-state index in [0.717, 1.165) is 38.5 Å². The van der Waals surface area contributed by atoms with E-state index in [2.05, 4.69) is 12.1 Å². The fraction of sp³-hybridized carbons (Fsp3) is 0.611. The third kappa shape index (κ3) is 4.57. The van der Waals surface area contributed by atoms with Crippen LogP contribution in [0.1, 0.15) is 50.5 Å². The number of hydrogen-bond donors (Lipinski definition) is 0. The van der Waals surface area contributed by atoms with Gasteiger partial charge in [-0.3, -0.25) is 4.79 Å². The summed E-state index contributed by atoms with van der Waals surface area (Å²) in [5, 5.41) is 0. The van der Waals surface area contributed by atoms with Gasteiger partial charge < -0.3 is 9.47 Å². The van der Waals surface area contributed by atoms with Crippen LogP contribution in [0.2, 0.25) is 0 Å². The summed E-state index contributed by atoms with van der Waals surface area (Å²) in [4.78, 5) is 12.1. The summed E-state index contributed by atoms with van der Waals surface area (Å²) in [5.41, 5.74) is 0.946. The van der Waals surface area contributed by atoms with Crippen molar-refractivity contribution in [1.82, 2.24) is 0 Å². The first kappa shape index (κ1) is 16.0. The molecule has 1 aromatic rings. The standard InChI is InChI=1S/C18H26O3/c1-20-17(19)18(11-6-3-7-12-18)13-8-14-21-15-16-9-4-2-5-10-16/h2,4-5,9-10H,3,6-8,11-15H2,1H3. The third-order valence-electron chi connectivity index (χ3n) is 4.48. The molecule has 0 N–H and O–H groups in total. The van der Waals surface area contributed by atoms with Crippen molar-refractivity contribution >= 4 is 5.97 Å². The van der Waals surface area contributed by atoms with Crippen LogP contribution >= 0.6 is 0 Å². The molecule has 0 aromatic heterocycles. The van der Waals surface area contributed by atoms with Crippen molar-refractivity contribution in [2.45, 2.75) is 51.6 Å². The van der Waals surface area contributed by atoms with Gasteiger partial charge >= 0.3 is 5.97 Å². The van der Waals surface area contributed by atoms with Crippen molar-refractivity contribution in [3.63, 3.8) is 0 Å². The van der Waals surface area contributed by atoms with Gasteiger partial charge in [0.1, 0.15) is 0 Å². The number of carbonyl (C=O) groups is 1. The molecule has 1 aromatic carbocycles. The molecule has 21 heavy (non-hydrogen) atoms. The van der Waals surface area contributed by atoms with Gasteiger partial charge in [0.15, 0.2) is 0 Å². The summed E-state index contributed by atoms with van der Waals surface area (Å²) in [6, 6.07) is 10.2. The Morgan fingerprint density at radius 2 is 1.86 bits per heavy atom. The van der Waals surface area contributed by atoms with E-state index in [1.165, 1.54) is 19.1 Å². The highest BCUT2D eigenvalue weighted by Gasteiger charge is 2.39. The zero-order valence-electron chi connectivity index (χ0n) is 13.0. The molecule has 0 bridgehead atoms. The minimum absolute atomic E-state index is 0.0229. The Hall–Kier alpha value is -1.35. The van der Waals surface area contributed by atoms with Crippen LogP contribution in [0.4, 0.5) is 0 Å². The number of benzene rings is 1. The Morgan fingerprint density at radius 1 is 1.14 bits per heavy atom. The van der Waals surface area contributed by atoms with Gasteiger partial charge in [-0.05, 0) is 31.2 Å². The summed E-state index contributed by atoms with van der Waals surface area (Å²) < 4.78 is 10.8. The summed E-state index contributed by atoms with van der Waals surface area (Å²) in [6.45, 7) is 1.35. The van der Waals surface area contributed by atoms with E-state index in [9.17, 15) is 4.79 Å². The van der Waals surface area contributed by atoms with E-state index in [1.807, 2.05) is 18.2 Å². The Balaban J connectivity index is 1.73. The summed E-state index contributed by atoms with van der Waals surface area (Å²) in [6.07, 6.45) is 7.26. The number of ether oxygens (including phenoxy) is 2. The van der Waals surface area contributed by atoms with Gasteiger partial charge in [-0.25, -0.2) is 0 Å². The predicted molar refractivity (Wildman–Crippen MR) is 82.9 cm³/mol. The lowest BCUT2D eigenvalue weighted by atomic mass is 9.71. The minimum atomic E-state index is -0.247. The largest absolute Gasteiger partial charge is 0.469 e. The van der Waals surface area contributed by atoms with E-state index in [-0.39, 0.29) is 11.4 Å². The molecule has 116 valence electrons. The van der Waals surface area contributed by atoms with Crippen LogP contribution in [0.3, 0.4) is 0 Å². The first-order chi connectivity index (χ1) is 10.3. The highest BCUT2D eigenvalue weighted by atomic mass is 16.5. The molecule has 0 radical (unpaired) electrons. The first-order valence-electron chi connectivity index (χ1n) is 7.97. The minimum Gasteiger partial charge on any atom is -0.469 e. The molecule has 1 aliphatic carbocycles. The van der Waals surface area contributed by atoms with E-state index in [1.54, 1.807) is 0 Å². The quantitative estimate of drug-likeness (QED) is 0.560. The lowest BCUT2D eigenvalue weighted by Crippen LogP contribution is -2.34. The second-order valence-corrected chi connectivity index (χ2v) is 5.97. The van der Waals surface area contributed by atoms with Crippen LogP contribution in [-0.4, -0.2) is 19.7 Å². The van der Waals surface area contributed by atoms with Crippen LogP contribution in [0.15, 0.2) is 30.3 Å². The molecule has 0 aliphatic heterocycles. The summed E-state index contributed by atoms with van der Waals surface area (Å²) in [5.74, 6) is -0.0229. The molecule has 0 unspecified atom stereocenters. The van der Waals surface area contributed by atoms with Gasteiger partial charge in [-0.2, -0.15) is 0 Å². The number of hydrogen-bond acceptors (Lipinski definition) is 3. The topological polar surface area (TPSA) is 35.5 Å². The number of carbonyl (C=O) groups excluding carboxylic acids is 1. The first-order valence-corrected chi connectivity index (χ1v) is 7.97. The van der Waals surface area contributed by atoms with Gasteiger partial charge in [0.05, 0.1) is 19.1 Å². The van der Waals surface area contributed by atoms with Gasteiger partial charge in [-0.1, -0.05) is 49.6 Å². The van der Waals surface area contributed by atoms with Crippen LogP contribution in [0.25, 0.3) is 0 Å². The monoisotopic (exact) mass is 290 g/mol. The Kier molecular flexibility index (Phi) is 6.24. The molecule has 3 nitrogen and oxygen atoms in total. The molecule has 0 heterocycles. The number of esters is 1. The molecule has 3 heteroatoms. The number of rotatable bonds is 7. The third-order valence-corrected chi connectivity index (χ3v) is 4.48. The lowest BCUT2D eigenvalue weighted by Gasteiger charge is -2.34. The van der Waals surface area contributed by atoms with Crippen molar-refractivity contribution < 1.29 is 14.3 Å². The maximum absolute atomic E-state index is 12.1. The second-order valence-electron chi connectivity index (χ2n) is 5.97.